The summed E-state index contributed by atoms with van der Waals surface area (Å²) in [4.78, 5) is 14.5. The maximum absolute atomic E-state index is 12.5. The molecule has 3 heteroatoms. The Hall–Kier alpha value is -1.51. The van der Waals surface area contributed by atoms with Gasteiger partial charge >= 0.3 is 0 Å². The van der Waals surface area contributed by atoms with Crippen molar-refractivity contribution in [2.24, 2.45) is 5.41 Å². The molecule has 2 aliphatic heterocycles. The molecular weight excluding hydrogens is 272 g/mol. The predicted molar refractivity (Wildman–Crippen MR) is 91.3 cm³/mol. The topological polar surface area (TPSA) is 32.3 Å². The minimum absolute atomic E-state index is 0.231. The lowest BCUT2D eigenvalue weighted by molar-refractivity contribution is -0.141. The maximum Gasteiger partial charge on any atom is 0.227 e. The number of nitrogens with zero attached hydrogens (tertiary/aromatic N) is 1. The monoisotopic (exact) mass is 300 g/mol. The number of nitrogens with one attached hydrogen (secondary N) is 1. The van der Waals surface area contributed by atoms with E-state index in [-0.39, 0.29) is 16.7 Å². The summed E-state index contributed by atoms with van der Waals surface area (Å²) in [6.07, 6.45) is 3.21. The van der Waals surface area contributed by atoms with Crippen LogP contribution in [0.1, 0.15) is 51.7 Å². The van der Waals surface area contributed by atoms with Crippen LogP contribution < -0.4 is 5.32 Å². The molecule has 0 radical (unpaired) electrons. The highest BCUT2D eigenvalue weighted by atomic mass is 16.2. The minimum atomic E-state index is -0.272. The molecule has 2 heterocycles. The van der Waals surface area contributed by atoms with E-state index in [9.17, 15) is 4.79 Å². The lowest BCUT2D eigenvalue weighted by Crippen LogP contribution is -2.49. The first-order chi connectivity index (χ1) is 10.4. The molecule has 3 nitrogen and oxygen atoms in total. The molecule has 0 bridgehead atoms. The molecule has 120 valence electrons. The van der Waals surface area contributed by atoms with E-state index in [2.05, 4.69) is 35.3 Å². The van der Waals surface area contributed by atoms with Crippen LogP contribution in [0.4, 0.5) is 5.69 Å². The number of anilines is 1. The number of fused-ring (bicyclic) bond motifs is 2. The van der Waals surface area contributed by atoms with Crippen molar-refractivity contribution in [3.05, 3.63) is 29.3 Å². The summed E-state index contributed by atoms with van der Waals surface area (Å²) < 4.78 is 0. The summed E-state index contributed by atoms with van der Waals surface area (Å²) in [5.41, 5.74) is 4.22. The Kier molecular flexibility index (Phi) is 3.70. The molecule has 1 spiro atoms. The lowest BCUT2D eigenvalue weighted by Gasteiger charge is -2.41. The highest BCUT2D eigenvalue weighted by molar-refractivity contribution is 5.81. The minimum Gasteiger partial charge on any atom is -0.384 e. The van der Waals surface area contributed by atoms with E-state index in [1.54, 1.807) is 0 Å². The van der Waals surface area contributed by atoms with Gasteiger partial charge in [-0.15, -0.1) is 0 Å². The molecule has 0 unspecified atom stereocenters. The number of amides is 1. The van der Waals surface area contributed by atoms with E-state index < -0.39 is 0 Å². The van der Waals surface area contributed by atoms with E-state index >= 15 is 0 Å². The van der Waals surface area contributed by atoms with Gasteiger partial charge in [0.25, 0.3) is 0 Å². The third-order valence-corrected chi connectivity index (χ3v) is 5.36. The fourth-order valence-electron chi connectivity index (χ4n) is 3.96. The molecule has 2 aliphatic rings. The van der Waals surface area contributed by atoms with Crippen LogP contribution in [0.5, 0.6) is 0 Å². The number of benzene rings is 1. The smallest absolute Gasteiger partial charge is 0.227 e. The van der Waals surface area contributed by atoms with E-state index in [0.29, 0.717) is 0 Å². The lowest BCUT2D eigenvalue weighted by atomic mass is 9.73. The van der Waals surface area contributed by atoms with Gasteiger partial charge in [0.05, 0.1) is 0 Å². The molecule has 1 saturated heterocycles. The molecule has 22 heavy (non-hydrogen) atoms. The molecular formula is C19H28N2O. The molecule has 1 fully saturated rings. The molecule has 0 saturated carbocycles. The van der Waals surface area contributed by atoms with Gasteiger partial charge in [0.15, 0.2) is 0 Å². The van der Waals surface area contributed by atoms with Crippen molar-refractivity contribution in [2.75, 3.05) is 25.0 Å². The van der Waals surface area contributed by atoms with Gasteiger partial charge in [-0.1, -0.05) is 45.9 Å². The standard InChI is InChI=1S/C19H28N2O/c1-5-14-7-6-8-15-16(14)20-13-19(15)9-11-21(12-10-19)17(22)18(2,3)4/h6-8,20H,5,9-13H2,1-4H3. The molecule has 0 aliphatic carbocycles. The van der Waals surface area contributed by atoms with Crippen molar-refractivity contribution in [1.29, 1.82) is 0 Å². The average Bonchev–Trinajstić information content (AvgIpc) is 2.85. The van der Waals surface area contributed by atoms with Crippen molar-refractivity contribution < 1.29 is 4.79 Å². The SMILES string of the molecule is CCc1cccc2c1NCC21CCN(C(=O)C(C)(C)C)CC1. The van der Waals surface area contributed by atoms with Crippen molar-refractivity contribution in [1.82, 2.24) is 4.90 Å². The second kappa shape index (κ2) is 5.29. The predicted octanol–water partition coefficient (Wildman–Crippen LogP) is 3.58. The van der Waals surface area contributed by atoms with Gasteiger partial charge < -0.3 is 10.2 Å². The van der Waals surface area contributed by atoms with Gasteiger partial charge in [0.1, 0.15) is 0 Å². The number of piperidine rings is 1. The fraction of sp³-hybridized carbons (Fsp3) is 0.632. The van der Waals surface area contributed by atoms with Crippen LogP contribution in [0.3, 0.4) is 0 Å². The second-order valence-electron chi connectivity index (χ2n) is 7.87. The summed E-state index contributed by atoms with van der Waals surface area (Å²) in [6, 6.07) is 6.71. The second-order valence-corrected chi connectivity index (χ2v) is 7.87. The van der Waals surface area contributed by atoms with Gasteiger partial charge in [-0.2, -0.15) is 0 Å². The first kappa shape index (κ1) is 15.4. The summed E-state index contributed by atoms with van der Waals surface area (Å²) >= 11 is 0. The first-order valence-electron chi connectivity index (χ1n) is 8.53. The summed E-state index contributed by atoms with van der Waals surface area (Å²) in [5, 5.41) is 3.65. The summed E-state index contributed by atoms with van der Waals surface area (Å²) in [5.74, 6) is 0.288. The molecule has 1 N–H and O–H groups in total. The van der Waals surface area contributed by atoms with Crippen LogP contribution in [0.15, 0.2) is 18.2 Å². The molecule has 3 rings (SSSR count). The highest BCUT2D eigenvalue weighted by Gasteiger charge is 2.43. The Labute approximate surface area is 134 Å². The number of hydrogen-bond donors (Lipinski definition) is 1. The van der Waals surface area contributed by atoms with Crippen molar-refractivity contribution >= 4 is 11.6 Å². The zero-order chi connectivity index (χ0) is 16.0. The maximum atomic E-state index is 12.5. The Bertz CT molecular complexity index is 578. The summed E-state index contributed by atoms with van der Waals surface area (Å²) in [7, 11) is 0. The number of carbonyl (C=O) groups is 1. The van der Waals surface area contributed by atoms with Crippen molar-refractivity contribution in [3.8, 4) is 0 Å². The van der Waals surface area contributed by atoms with Gasteiger partial charge in [-0.05, 0) is 30.4 Å². The molecule has 0 aromatic heterocycles. The van der Waals surface area contributed by atoms with Crippen LogP contribution in [0, 0.1) is 5.41 Å². The number of likely N-dealkylation sites (tertiary alicyclic amines) is 1. The quantitative estimate of drug-likeness (QED) is 0.860. The Morgan fingerprint density at radius 3 is 2.55 bits per heavy atom. The molecule has 1 aromatic carbocycles. The number of carbonyl (C=O) groups excluding carboxylic acids is 1. The summed E-state index contributed by atoms with van der Waals surface area (Å²) in [6.45, 7) is 11.0. The van der Waals surface area contributed by atoms with Gasteiger partial charge in [0.2, 0.25) is 5.91 Å². The van der Waals surface area contributed by atoms with Crippen LogP contribution in [0.2, 0.25) is 0 Å². The molecule has 0 atom stereocenters. The van der Waals surface area contributed by atoms with Crippen LogP contribution in [0.25, 0.3) is 0 Å². The Morgan fingerprint density at radius 1 is 1.27 bits per heavy atom. The van der Waals surface area contributed by atoms with Gasteiger partial charge in [-0.25, -0.2) is 0 Å². The Balaban J connectivity index is 1.80. The third-order valence-electron chi connectivity index (χ3n) is 5.36. The van der Waals surface area contributed by atoms with E-state index in [1.807, 2.05) is 20.8 Å². The van der Waals surface area contributed by atoms with Crippen molar-refractivity contribution in [3.63, 3.8) is 0 Å². The van der Waals surface area contributed by atoms with Gasteiger partial charge in [0, 0.05) is 36.2 Å². The van der Waals surface area contributed by atoms with Crippen LogP contribution in [-0.4, -0.2) is 30.4 Å². The van der Waals surface area contributed by atoms with E-state index in [4.69, 9.17) is 0 Å². The largest absolute Gasteiger partial charge is 0.384 e. The number of rotatable bonds is 1. The van der Waals surface area contributed by atoms with Crippen molar-refractivity contribution in [2.45, 2.75) is 52.4 Å². The number of para-hydroxylation sites is 1. The van der Waals surface area contributed by atoms with Crippen LogP contribution in [-0.2, 0) is 16.6 Å². The number of hydrogen-bond acceptors (Lipinski definition) is 2. The molecule has 1 amide bonds. The van der Waals surface area contributed by atoms with Gasteiger partial charge in [-0.3, -0.25) is 4.79 Å². The fourth-order valence-corrected chi connectivity index (χ4v) is 3.96. The Morgan fingerprint density at radius 2 is 1.95 bits per heavy atom. The van der Waals surface area contributed by atoms with E-state index in [0.717, 1.165) is 38.9 Å². The molecule has 1 aromatic rings. The normalized spacial score (nSPS) is 19.9. The van der Waals surface area contributed by atoms with Crippen LogP contribution >= 0.6 is 0 Å². The van der Waals surface area contributed by atoms with E-state index in [1.165, 1.54) is 16.8 Å². The zero-order valence-electron chi connectivity index (χ0n) is 14.3. The number of aryl methyl sites for hydroxylation is 1. The third kappa shape index (κ3) is 2.41. The zero-order valence-corrected chi connectivity index (χ0v) is 14.3. The highest BCUT2D eigenvalue weighted by Crippen LogP contribution is 2.45. The first-order valence-corrected chi connectivity index (χ1v) is 8.53. The average molecular weight is 300 g/mol.